The van der Waals surface area contributed by atoms with E-state index in [4.69, 9.17) is 9.72 Å². The van der Waals surface area contributed by atoms with Gasteiger partial charge in [-0.15, -0.1) is 0 Å². The number of amides is 1. The third kappa shape index (κ3) is 5.37. The maximum Gasteiger partial charge on any atom is 0.266 e. The van der Waals surface area contributed by atoms with Crippen molar-refractivity contribution in [1.82, 2.24) is 19.4 Å². The zero-order valence-corrected chi connectivity index (χ0v) is 21.6. The largest absolute Gasteiger partial charge is 0.367 e. The minimum Gasteiger partial charge on any atom is -0.367 e. The number of aromatic nitrogens is 2. The van der Waals surface area contributed by atoms with Crippen molar-refractivity contribution in [3.05, 3.63) is 106 Å². The van der Waals surface area contributed by atoms with Crippen molar-refractivity contribution in [2.75, 3.05) is 26.2 Å². The Hall–Kier alpha value is -3.88. The molecule has 0 bridgehead atoms. The summed E-state index contributed by atoms with van der Waals surface area (Å²) in [4.78, 5) is 35.4. The Labute approximate surface area is 221 Å². The Morgan fingerprint density at radius 2 is 1.74 bits per heavy atom. The van der Waals surface area contributed by atoms with E-state index < -0.39 is 0 Å². The van der Waals surface area contributed by atoms with Crippen molar-refractivity contribution in [1.29, 1.82) is 0 Å². The minimum atomic E-state index is -0.368. The van der Waals surface area contributed by atoms with Crippen LogP contribution in [0.3, 0.4) is 0 Å². The molecule has 3 aromatic carbocycles. The van der Waals surface area contributed by atoms with Crippen LogP contribution in [0.5, 0.6) is 0 Å². The highest BCUT2D eigenvalue weighted by atomic mass is 19.1. The summed E-state index contributed by atoms with van der Waals surface area (Å²) in [5, 5.41) is 0.507. The Balaban J connectivity index is 1.34. The lowest BCUT2D eigenvalue weighted by Gasteiger charge is -2.42. The Morgan fingerprint density at radius 3 is 2.47 bits per heavy atom. The summed E-state index contributed by atoms with van der Waals surface area (Å²) in [7, 11) is 0. The number of ether oxygens (including phenoxy) is 1. The summed E-state index contributed by atoms with van der Waals surface area (Å²) in [6.45, 7) is 6.27. The first-order valence-corrected chi connectivity index (χ1v) is 12.8. The summed E-state index contributed by atoms with van der Waals surface area (Å²) in [5.41, 5.74) is 2.02. The lowest BCUT2D eigenvalue weighted by molar-refractivity contribution is -0.141. The van der Waals surface area contributed by atoms with E-state index in [9.17, 15) is 14.0 Å². The molecule has 0 spiro atoms. The van der Waals surface area contributed by atoms with Crippen LogP contribution in [0, 0.1) is 5.82 Å². The molecule has 0 radical (unpaired) electrons. The molecule has 1 saturated heterocycles. The number of para-hydroxylation sites is 1. The summed E-state index contributed by atoms with van der Waals surface area (Å²) < 4.78 is 20.9. The van der Waals surface area contributed by atoms with Crippen molar-refractivity contribution in [2.24, 2.45) is 0 Å². The molecule has 4 aromatic rings. The first-order valence-electron chi connectivity index (χ1n) is 12.8. The molecule has 8 heteroatoms. The van der Waals surface area contributed by atoms with E-state index >= 15 is 0 Å². The highest BCUT2D eigenvalue weighted by Gasteiger charge is 2.32. The molecule has 196 valence electrons. The third-order valence-electron chi connectivity index (χ3n) is 7.12. The predicted octanol–water partition coefficient (Wildman–Crippen LogP) is 4.34. The van der Waals surface area contributed by atoms with Gasteiger partial charge in [-0.1, -0.05) is 42.5 Å². The van der Waals surface area contributed by atoms with Crippen molar-refractivity contribution >= 4 is 16.8 Å². The molecule has 0 saturated carbocycles. The van der Waals surface area contributed by atoms with Gasteiger partial charge in [0.05, 0.1) is 29.2 Å². The zero-order valence-electron chi connectivity index (χ0n) is 21.6. The van der Waals surface area contributed by atoms with Gasteiger partial charge in [-0.2, -0.15) is 0 Å². The lowest BCUT2D eigenvalue weighted by Crippen LogP contribution is -2.55. The SMILES string of the molecule is CC(c1nc2ccccc2c(=O)n1-c1ccc(F)cc1)N1CCN(C(=O)COCc2ccccc2)C(C)C1. The van der Waals surface area contributed by atoms with E-state index in [1.54, 1.807) is 22.8 Å². The van der Waals surface area contributed by atoms with Crippen LogP contribution >= 0.6 is 0 Å². The van der Waals surface area contributed by atoms with Gasteiger partial charge in [0.2, 0.25) is 5.91 Å². The molecule has 1 aliphatic rings. The monoisotopic (exact) mass is 514 g/mol. The molecule has 0 aliphatic carbocycles. The lowest BCUT2D eigenvalue weighted by atomic mass is 10.1. The van der Waals surface area contributed by atoms with Gasteiger partial charge >= 0.3 is 0 Å². The van der Waals surface area contributed by atoms with Crippen LogP contribution in [0.4, 0.5) is 4.39 Å². The van der Waals surface area contributed by atoms with Gasteiger partial charge in [-0.05, 0) is 55.8 Å². The van der Waals surface area contributed by atoms with Crippen molar-refractivity contribution in [3.8, 4) is 5.69 Å². The highest BCUT2D eigenvalue weighted by molar-refractivity contribution is 5.78. The van der Waals surface area contributed by atoms with Crippen LogP contribution in [-0.2, 0) is 16.1 Å². The molecule has 2 heterocycles. The molecule has 2 atom stereocenters. The quantitative estimate of drug-likeness (QED) is 0.367. The van der Waals surface area contributed by atoms with Crippen LogP contribution < -0.4 is 5.56 Å². The Bertz CT molecular complexity index is 1470. The van der Waals surface area contributed by atoms with Gasteiger partial charge in [0.15, 0.2) is 0 Å². The second-order valence-corrected chi connectivity index (χ2v) is 9.69. The number of piperazine rings is 1. The molecule has 1 aliphatic heterocycles. The normalized spacial score (nSPS) is 17.0. The standard InChI is InChI=1S/C30H31FN4O3/c1-21-18-33(16-17-34(21)28(36)20-38-19-23-8-4-3-5-9-23)22(2)29-32-27-11-7-6-10-26(27)30(37)35(29)25-14-12-24(31)13-15-25/h3-15,21-22H,16-20H2,1-2H3. The number of carbonyl (C=O) groups excluding carboxylic acids is 1. The van der Waals surface area contributed by atoms with Crippen molar-refractivity contribution in [3.63, 3.8) is 0 Å². The van der Waals surface area contributed by atoms with E-state index in [0.717, 1.165) is 5.56 Å². The molecule has 0 N–H and O–H groups in total. The van der Waals surface area contributed by atoms with Gasteiger partial charge < -0.3 is 9.64 Å². The van der Waals surface area contributed by atoms with Gasteiger partial charge in [0.25, 0.3) is 5.56 Å². The highest BCUT2D eigenvalue weighted by Crippen LogP contribution is 2.25. The fourth-order valence-electron chi connectivity index (χ4n) is 5.05. The molecule has 7 nitrogen and oxygen atoms in total. The fourth-order valence-corrected chi connectivity index (χ4v) is 5.05. The molecule has 1 fully saturated rings. The predicted molar refractivity (Wildman–Crippen MR) is 145 cm³/mol. The van der Waals surface area contributed by atoms with Gasteiger partial charge in [-0.3, -0.25) is 19.1 Å². The number of halogens is 1. The number of hydrogen-bond acceptors (Lipinski definition) is 5. The van der Waals surface area contributed by atoms with Gasteiger partial charge in [0, 0.05) is 25.7 Å². The van der Waals surface area contributed by atoms with Crippen molar-refractivity contribution in [2.45, 2.75) is 32.5 Å². The van der Waals surface area contributed by atoms with Crippen LogP contribution in [-0.4, -0.2) is 57.5 Å². The van der Waals surface area contributed by atoms with Crippen LogP contribution in [0.15, 0.2) is 83.7 Å². The molecule has 1 amide bonds. The minimum absolute atomic E-state index is 0.0329. The van der Waals surface area contributed by atoms with Gasteiger partial charge in [0.1, 0.15) is 18.2 Å². The number of hydrogen-bond donors (Lipinski definition) is 0. The average Bonchev–Trinajstić information content (AvgIpc) is 2.93. The van der Waals surface area contributed by atoms with E-state index in [-0.39, 0.29) is 36.0 Å². The number of carbonyl (C=O) groups is 1. The summed E-state index contributed by atoms with van der Waals surface area (Å²) in [6, 6.07) is 22.7. The number of nitrogens with zero attached hydrogens (tertiary/aromatic N) is 4. The molecular formula is C30H31FN4O3. The molecule has 38 heavy (non-hydrogen) atoms. The van der Waals surface area contributed by atoms with Crippen molar-refractivity contribution < 1.29 is 13.9 Å². The number of benzene rings is 3. The van der Waals surface area contributed by atoms with E-state index in [0.29, 0.717) is 48.7 Å². The summed E-state index contributed by atoms with van der Waals surface area (Å²) in [5.74, 6) is 0.179. The van der Waals surface area contributed by atoms with E-state index in [1.165, 1.54) is 12.1 Å². The first kappa shape index (κ1) is 25.8. The fraction of sp³-hybridized carbons (Fsp3) is 0.300. The van der Waals surface area contributed by atoms with Crippen LogP contribution in [0.1, 0.15) is 31.3 Å². The Kier molecular flexibility index (Phi) is 7.62. The third-order valence-corrected chi connectivity index (χ3v) is 7.12. The van der Waals surface area contributed by atoms with Gasteiger partial charge in [-0.25, -0.2) is 9.37 Å². The molecule has 5 rings (SSSR count). The smallest absolute Gasteiger partial charge is 0.266 e. The topological polar surface area (TPSA) is 67.7 Å². The summed E-state index contributed by atoms with van der Waals surface area (Å²) >= 11 is 0. The zero-order chi connectivity index (χ0) is 26.6. The molecule has 1 aromatic heterocycles. The maximum absolute atomic E-state index is 13.7. The second-order valence-electron chi connectivity index (χ2n) is 9.69. The summed E-state index contributed by atoms with van der Waals surface area (Å²) in [6.07, 6.45) is 0. The molecular weight excluding hydrogens is 483 g/mol. The maximum atomic E-state index is 13.7. The average molecular weight is 515 g/mol. The number of rotatable bonds is 7. The van der Waals surface area contributed by atoms with Crippen LogP contribution in [0.25, 0.3) is 16.6 Å². The first-order chi connectivity index (χ1) is 18.4. The second kappa shape index (κ2) is 11.2. The molecule has 2 unspecified atom stereocenters. The van der Waals surface area contributed by atoms with Crippen LogP contribution in [0.2, 0.25) is 0 Å². The number of fused-ring (bicyclic) bond motifs is 1. The Morgan fingerprint density at radius 1 is 1.03 bits per heavy atom. The van der Waals surface area contributed by atoms with E-state index in [1.807, 2.05) is 67.3 Å². The van der Waals surface area contributed by atoms with E-state index in [2.05, 4.69) is 4.90 Å².